The minimum atomic E-state index is 0. The van der Waals surface area contributed by atoms with Crippen LogP contribution in [0.5, 0.6) is 0 Å². The van der Waals surface area contributed by atoms with Crippen molar-refractivity contribution < 1.29 is 0 Å². The topological polar surface area (TPSA) is 24.1 Å². The molecule has 0 aromatic rings. The van der Waals surface area contributed by atoms with Crippen molar-refractivity contribution in [1.29, 1.82) is 0 Å². The summed E-state index contributed by atoms with van der Waals surface area (Å²) < 4.78 is 0. The van der Waals surface area contributed by atoms with Crippen LogP contribution in [0, 0.1) is 23.2 Å². The van der Waals surface area contributed by atoms with Crippen LogP contribution < -0.4 is 10.6 Å². The number of rotatable bonds is 8. The second-order valence-corrected chi connectivity index (χ2v) is 7.87. The van der Waals surface area contributed by atoms with Gasteiger partial charge in [0.05, 0.1) is 0 Å². The zero-order chi connectivity index (χ0) is 13.1. The van der Waals surface area contributed by atoms with E-state index < -0.39 is 0 Å². The molecule has 4 aliphatic rings. The van der Waals surface area contributed by atoms with Crippen molar-refractivity contribution in [3.8, 4) is 0 Å². The van der Waals surface area contributed by atoms with Crippen molar-refractivity contribution in [2.24, 2.45) is 23.2 Å². The molecule has 4 aliphatic carbocycles. The zero-order valence-electron chi connectivity index (χ0n) is 13.0. The van der Waals surface area contributed by atoms with Crippen molar-refractivity contribution in [3.05, 3.63) is 0 Å². The van der Waals surface area contributed by atoms with Crippen molar-refractivity contribution in [3.63, 3.8) is 0 Å². The van der Waals surface area contributed by atoms with Gasteiger partial charge in [0.15, 0.2) is 0 Å². The average Bonchev–Trinajstić information content (AvgIpc) is 2.36. The van der Waals surface area contributed by atoms with Crippen molar-refractivity contribution in [2.75, 3.05) is 31.9 Å². The number of hydrogen-bond donors (Lipinski definition) is 3. The van der Waals surface area contributed by atoms with E-state index in [1.165, 1.54) is 32.2 Å². The summed E-state index contributed by atoms with van der Waals surface area (Å²) in [5.41, 5.74) is 0.694. The SMILES string of the molecule is Cl.Cl.SCCCNCCNCC12CC3CC(CC(C3)C1)C2. The Hall–Kier alpha value is 0.850. The van der Waals surface area contributed by atoms with Crippen molar-refractivity contribution in [2.45, 2.75) is 44.9 Å². The fraction of sp³-hybridized carbons (Fsp3) is 1.00. The molecular formula is C16H32Cl2N2S. The van der Waals surface area contributed by atoms with E-state index in [9.17, 15) is 0 Å². The number of nitrogens with one attached hydrogen (secondary N) is 2. The van der Waals surface area contributed by atoms with E-state index in [-0.39, 0.29) is 24.8 Å². The fourth-order valence-corrected chi connectivity index (χ4v) is 5.52. The molecule has 0 amide bonds. The molecule has 4 saturated carbocycles. The summed E-state index contributed by atoms with van der Waals surface area (Å²) in [5, 5.41) is 7.22. The minimum absolute atomic E-state index is 0. The first kappa shape index (κ1) is 19.9. The molecule has 0 aromatic heterocycles. The Balaban J connectivity index is 0.00000110. The van der Waals surface area contributed by atoms with E-state index in [1.807, 2.05) is 0 Å². The molecule has 21 heavy (non-hydrogen) atoms. The Morgan fingerprint density at radius 3 is 1.86 bits per heavy atom. The molecule has 2 nitrogen and oxygen atoms in total. The monoisotopic (exact) mass is 354 g/mol. The molecule has 4 fully saturated rings. The number of hydrogen-bond acceptors (Lipinski definition) is 3. The van der Waals surface area contributed by atoms with Gasteiger partial charge in [-0.2, -0.15) is 12.6 Å². The van der Waals surface area contributed by atoms with E-state index in [2.05, 4.69) is 23.3 Å². The summed E-state index contributed by atoms with van der Waals surface area (Å²) in [5.74, 6) is 4.25. The Labute approximate surface area is 148 Å². The molecule has 4 rings (SSSR count). The van der Waals surface area contributed by atoms with Gasteiger partial charge in [-0.1, -0.05) is 0 Å². The van der Waals surface area contributed by atoms with Gasteiger partial charge >= 0.3 is 0 Å². The maximum atomic E-state index is 4.23. The van der Waals surface area contributed by atoms with Gasteiger partial charge in [-0.15, -0.1) is 24.8 Å². The third kappa shape index (κ3) is 5.17. The molecule has 0 spiro atoms. The summed E-state index contributed by atoms with van der Waals surface area (Å²) in [7, 11) is 0. The summed E-state index contributed by atoms with van der Waals surface area (Å²) in [6.07, 6.45) is 10.4. The van der Waals surface area contributed by atoms with Crippen LogP contribution in [-0.2, 0) is 0 Å². The van der Waals surface area contributed by atoms with Gasteiger partial charge in [0.1, 0.15) is 0 Å². The van der Waals surface area contributed by atoms with Crippen LogP contribution in [-0.4, -0.2) is 31.9 Å². The summed E-state index contributed by atoms with van der Waals surface area (Å²) in [6.45, 7) is 4.64. The van der Waals surface area contributed by atoms with Gasteiger partial charge in [-0.25, -0.2) is 0 Å². The predicted molar refractivity (Wildman–Crippen MR) is 99.3 cm³/mol. The molecule has 0 aliphatic heterocycles. The molecule has 5 heteroatoms. The third-order valence-electron chi connectivity index (χ3n) is 5.66. The highest BCUT2D eigenvalue weighted by atomic mass is 35.5. The van der Waals surface area contributed by atoms with E-state index in [0.717, 1.165) is 43.1 Å². The Morgan fingerprint density at radius 1 is 0.810 bits per heavy atom. The molecule has 0 saturated heterocycles. The molecule has 0 aromatic carbocycles. The third-order valence-corrected chi connectivity index (χ3v) is 5.97. The smallest absolute Gasteiger partial charge is 0.00769 e. The molecule has 0 radical (unpaired) electrons. The van der Waals surface area contributed by atoms with Gasteiger partial charge in [-0.3, -0.25) is 0 Å². The van der Waals surface area contributed by atoms with Crippen LogP contribution in [0.15, 0.2) is 0 Å². The van der Waals surface area contributed by atoms with Crippen LogP contribution in [0.1, 0.15) is 44.9 Å². The van der Waals surface area contributed by atoms with Crippen LogP contribution in [0.3, 0.4) is 0 Å². The van der Waals surface area contributed by atoms with Crippen LogP contribution in [0.2, 0.25) is 0 Å². The lowest BCUT2D eigenvalue weighted by Crippen LogP contribution is -2.50. The first-order chi connectivity index (χ1) is 9.30. The minimum Gasteiger partial charge on any atom is -0.315 e. The lowest BCUT2D eigenvalue weighted by Gasteiger charge is -2.57. The van der Waals surface area contributed by atoms with E-state index in [1.54, 1.807) is 19.3 Å². The largest absolute Gasteiger partial charge is 0.315 e. The summed E-state index contributed by atoms with van der Waals surface area (Å²) >= 11 is 4.23. The first-order valence-corrected chi connectivity index (χ1v) is 8.95. The Kier molecular flexibility index (Phi) is 8.74. The van der Waals surface area contributed by atoms with Gasteiger partial charge in [0.2, 0.25) is 0 Å². The molecule has 2 N–H and O–H groups in total. The second kappa shape index (κ2) is 9.22. The summed E-state index contributed by atoms with van der Waals surface area (Å²) in [6, 6.07) is 0. The van der Waals surface area contributed by atoms with Gasteiger partial charge < -0.3 is 10.6 Å². The lowest BCUT2D eigenvalue weighted by molar-refractivity contribution is -0.0511. The van der Waals surface area contributed by atoms with Crippen molar-refractivity contribution in [1.82, 2.24) is 10.6 Å². The van der Waals surface area contributed by atoms with Gasteiger partial charge in [0, 0.05) is 19.6 Å². The van der Waals surface area contributed by atoms with Gasteiger partial charge in [-0.05, 0) is 80.4 Å². The molecule has 0 atom stereocenters. The second-order valence-electron chi connectivity index (χ2n) is 7.42. The Morgan fingerprint density at radius 2 is 1.33 bits per heavy atom. The molecule has 4 bridgehead atoms. The average molecular weight is 355 g/mol. The van der Waals surface area contributed by atoms with Crippen LogP contribution >= 0.6 is 37.4 Å². The molecular weight excluding hydrogens is 323 g/mol. The van der Waals surface area contributed by atoms with E-state index in [4.69, 9.17) is 0 Å². The van der Waals surface area contributed by atoms with E-state index in [0.29, 0.717) is 5.41 Å². The Bertz CT molecular complexity index is 267. The number of halogens is 2. The van der Waals surface area contributed by atoms with Crippen molar-refractivity contribution >= 4 is 37.4 Å². The predicted octanol–water partition coefficient (Wildman–Crippen LogP) is 3.55. The summed E-state index contributed by atoms with van der Waals surface area (Å²) in [4.78, 5) is 0. The number of thiol groups is 1. The molecule has 0 heterocycles. The highest BCUT2D eigenvalue weighted by Gasteiger charge is 2.50. The van der Waals surface area contributed by atoms with Crippen LogP contribution in [0.4, 0.5) is 0 Å². The molecule has 0 unspecified atom stereocenters. The highest BCUT2D eigenvalue weighted by Crippen LogP contribution is 2.59. The molecule has 126 valence electrons. The van der Waals surface area contributed by atoms with E-state index >= 15 is 0 Å². The zero-order valence-corrected chi connectivity index (χ0v) is 15.5. The standard InChI is InChI=1S/C16H30N2S.2ClH/c19-5-1-2-17-3-4-18-12-16-9-13-6-14(10-16)8-15(7-13)11-16;;/h13-15,17-19H,1-12H2;2*1H. The highest BCUT2D eigenvalue weighted by molar-refractivity contribution is 7.80. The normalized spacial score (nSPS) is 36.1. The first-order valence-electron chi connectivity index (χ1n) is 8.32. The maximum Gasteiger partial charge on any atom is 0.00769 e. The lowest BCUT2D eigenvalue weighted by atomic mass is 9.49. The fourth-order valence-electron chi connectivity index (χ4n) is 5.37. The quantitative estimate of drug-likeness (QED) is 0.458. The maximum absolute atomic E-state index is 4.23. The van der Waals surface area contributed by atoms with Gasteiger partial charge in [0.25, 0.3) is 0 Å². The van der Waals surface area contributed by atoms with Crippen LogP contribution in [0.25, 0.3) is 0 Å².